The number of benzene rings is 1. The smallest absolute Gasteiger partial charge is 0.227 e. The van der Waals surface area contributed by atoms with Crippen LogP contribution in [0.1, 0.15) is 25.7 Å². The van der Waals surface area contributed by atoms with Crippen molar-refractivity contribution < 1.29 is 13.6 Å². The molecule has 2 aliphatic rings. The SMILES string of the molecule is O=C(Nc1ccc(F)cc1F)[C@@H]1C[C@H]2CC[C@@H]1C2. The summed E-state index contributed by atoms with van der Waals surface area (Å²) in [5.74, 6) is -0.333. The molecular formula is C14H15F2NO. The first kappa shape index (κ1) is 11.6. The summed E-state index contributed by atoms with van der Waals surface area (Å²) in [5, 5.41) is 2.58. The molecule has 2 nitrogen and oxygen atoms in total. The Morgan fingerprint density at radius 3 is 2.67 bits per heavy atom. The standard InChI is InChI=1S/C14H15F2NO/c15-10-3-4-13(12(16)7-10)17-14(18)11-6-8-1-2-9(11)5-8/h3-4,7-9,11H,1-2,5-6H2,(H,17,18)/t8-,9+,11+/m0/s1. The van der Waals surface area contributed by atoms with Crippen molar-refractivity contribution in [3.05, 3.63) is 29.8 Å². The van der Waals surface area contributed by atoms with Crippen LogP contribution in [0.5, 0.6) is 0 Å². The summed E-state index contributed by atoms with van der Waals surface area (Å²) in [6.45, 7) is 0. The maximum atomic E-state index is 13.4. The summed E-state index contributed by atoms with van der Waals surface area (Å²) in [6, 6.07) is 3.21. The largest absolute Gasteiger partial charge is 0.323 e. The Hall–Kier alpha value is -1.45. The Kier molecular flexibility index (Phi) is 2.80. The molecule has 4 heteroatoms. The van der Waals surface area contributed by atoms with E-state index in [-0.39, 0.29) is 17.5 Å². The molecule has 1 aromatic carbocycles. The second-order valence-electron chi connectivity index (χ2n) is 5.39. The number of amides is 1. The van der Waals surface area contributed by atoms with Crippen LogP contribution in [0.2, 0.25) is 0 Å². The highest BCUT2D eigenvalue weighted by molar-refractivity contribution is 5.93. The van der Waals surface area contributed by atoms with Crippen LogP contribution in [0.15, 0.2) is 18.2 Å². The van der Waals surface area contributed by atoms with Gasteiger partial charge < -0.3 is 5.32 Å². The number of hydrogen-bond acceptors (Lipinski definition) is 1. The summed E-state index contributed by atoms with van der Waals surface area (Å²) in [5.41, 5.74) is 0.0733. The molecule has 2 bridgehead atoms. The van der Waals surface area contributed by atoms with E-state index < -0.39 is 11.6 Å². The Balaban J connectivity index is 1.71. The van der Waals surface area contributed by atoms with E-state index in [1.165, 1.54) is 12.5 Å². The first-order chi connectivity index (χ1) is 8.63. The molecule has 96 valence electrons. The Morgan fingerprint density at radius 1 is 1.22 bits per heavy atom. The number of rotatable bonds is 2. The molecule has 1 N–H and O–H groups in total. The van der Waals surface area contributed by atoms with Crippen LogP contribution in [0, 0.1) is 29.4 Å². The highest BCUT2D eigenvalue weighted by atomic mass is 19.1. The first-order valence-corrected chi connectivity index (χ1v) is 6.39. The van der Waals surface area contributed by atoms with Gasteiger partial charge in [0.05, 0.1) is 5.69 Å². The van der Waals surface area contributed by atoms with Gasteiger partial charge in [-0.2, -0.15) is 0 Å². The Bertz CT molecular complexity index is 489. The van der Waals surface area contributed by atoms with Gasteiger partial charge in [-0.25, -0.2) is 8.78 Å². The number of halogens is 2. The number of carbonyl (C=O) groups is 1. The molecule has 0 aliphatic heterocycles. The molecule has 2 fully saturated rings. The van der Waals surface area contributed by atoms with Crippen molar-refractivity contribution in [2.45, 2.75) is 25.7 Å². The third kappa shape index (κ3) is 2.00. The maximum absolute atomic E-state index is 13.4. The minimum Gasteiger partial charge on any atom is -0.323 e. The van der Waals surface area contributed by atoms with Gasteiger partial charge in [0, 0.05) is 12.0 Å². The van der Waals surface area contributed by atoms with Crippen LogP contribution in [-0.2, 0) is 4.79 Å². The first-order valence-electron chi connectivity index (χ1n) is 6.39. The van der Waals surface area contributed by atoms with Crippen LogP contribution < -0.4 is 5.32 Å². The van der Waals surface area contributed by atoms with Gasteiger partial charge in [-0.05, 0) is 43.2 Å². The molecule has 1 amide bonds. The van der Waals surface area contributed by atoms with Gasteiger partial charge in [-0.3, -0.25) is 4.79 Å². The topological polar surface area (TPSA) is 29.1 Å². The molecular weight excluding hydrogens is 236 g/mol. The lowest BCUT2D eigenvalue weighted by Crippen LogP contribution is -2.27. The molecule has 3 atom stereocenters. The van der Waals surface area contributed by atoms with Crippen LogP contribution >= 0.6 is 0 Å². The zero-order valence-corrected chi connectivity index (χ0v) is 9.96. The lowest BCUT2D eigenvalue weighted by atomic mass is 9.88. The van der Waals surface area contributed by atoms with Crippen molar-refractivity contribution in [3.8, 4) is 0 Å². The predicted molar refractivity (Wildman–Crippen MR) is 63.9 cm³/mol. The molecule has 0 saturated heterocycles. The van der Waals surface area contributed by atoms with E-state index in [1.54, 1.807) is 0 Å². The molecule has 0 aromatic heterocycles. The second-order valence-corrected chi connectivity index (χ2v) is 5.39. The van der Waals surface area contributed by atoms with E-state index in [2.05, 4.69) is 5.32 Å². The van der Waals surface area contributed by atoms with E-state index in [0.29, 0.717) is 11.8 Å². The lowest BCUT2D eigenvalue weighted by Gasteiger charge is -2.20. The highest BCUT2D eigenvalue weighted by Gasteiger charge is 2.43. The lowest BCUT2D eigenvalue weighted by molar-refractivity contribution is -0.121. The predicted octanol–water partition coefficient (Wildman–Crippen LogP) is 3.34. The van der Waals surface area contributed by atoms with E-state index >= 15 is 0 Å². The summed E-state index contributed by atoms with van der Waals surface area (Å²) >= 11 is 0. The minimum absolute atomic E-state index is 0.00760. The quantitative estimate of drug-likeness (QED) is 0.858. The van der Waals surface area contributed by atoms with Gasteiger partial charge in [0.15, 0.2) is 0 Å². The maximum Gasteiger partial charge on any atom is 0.227 e. The van der Waals surface area contributed by atoms with Gasteiger partial charge in [-0.1, -0.05) is 6.42 Å². The molecule has 0 radical (unpaired) electrons. The summed E-state index contributed by atoms with van der Waals surface area (Å²) in [4.78, 5) is 12.1. The molecule has 2 saturated carbocycles. The number of hydrogen-bond donors (Lipinski definition) is 1. The molecule has 18 heavy (non-hydrogen) atoms. The van der Waals surface area contributed by atoms with E-state index in [4.69, 9.17) is 0 Å². The van der Waals surface area contributed by atoms with Crippen LogP contribution in [0.4, 0.5) is 14.5 Å². The average molecular weight is 251 g/mol. The van der Waals surface area contributed by atoms with Gasteiger partial charge in [0.1, 0.15) is 11.6 Å². The van der Waals surface area contributed by atoms with Gasteiger partial charge in [0.25, 0.3) is 0 Å². The van der Waals surface area contributed by atoms with Crippen molar-refractivity contribution in [1.82, 2.24) is 0 Å². The van der Waals surface area contributed by atoms with E-state index in [9.17, 15) is 13.6 Å². The fourth-order valence-electron chi connectivity index (χ4n) is 3.38. The van der Waals surface area contributed by atoms with E-state index in [1.807, 2.05) is 0 Å². The van der Waals surface area contributed by atoms with E-state index in [0.717, 1.165) is 31.4 Å². The van der Waals surface area contributed by atoms with Crippen molar-refractivity contribution >= 4 is 11.6 Å². The third-order valence-corrected chi connectivity index (χ3v) is 4.26. The molecule has 0 heterocycles. The fraction of sp³-hybridized carbons (Fsp3) is 0.500. The average Bonchev–Trinajstić information content (AvgIpc) is 2.94. The Labute approximate surface area is 104 Å². The minimum atomic E-state index is -0.716. The number of anilines is 1. The van der Waals surface area contributed by atoms with Crippen molar-refractivity contribution in [2.75, 3.05) is 5.32 Å². The Morgan fingerprint density at radius 2 is 2.06 bits per heavy atom. The molecule has 0 unspecified atom stereocenters. The second kappa shape index (κ2) is 4.34. The monoisotopic (exact) mass is 251 g/mol. The molecule has 0 spiro atoms. The molecule has 3 rings (SSSR count). The summed E-state index contributed by atoms with van der Waals surface area (Å²) in [6.07, 6.45) is 4.37. The van der Waals surface area contributed by atoms with Crippen molar-refractivity contribution in [2.24, 2.45) is 17.8 Å². The van der Waals surface area contributed by atoms with Gasteiger partial charge >= 0.3 is 0 Å². The molecule has 1 aromatic rings. The van der Waals surface area contributed by atoms with Gasteiger partial charge in [-0.15, -0.1) is 0 Å². The summed E-state index contributed by atoms with van der Waals surface area (Å²) in [7, 11) is 0. The van der Waals surface area contributed by atoms with Crippen LogP contribution in [-0.4, -0.2) is 5.91 Å². The zero-order valence-electron chi connectivity index (χ0n) is 9.96. The van der Waals surface area contributed by atoms with Crippen LogP contribution in [0.3, 0.4) is 0 Å². The molecule has 2 aliphatic carbocycles. The normalized spacial score (nSPS) is 29.6. The van der Waals surface area contributed by atoms with Crippen molar-refractivity contribution in [3.63, 3.8) is 0 Å². The number of carbonyl (C=O) groups excluding carboxylic acids is 1. The van der Waals surface area contributed by atoms with Gasteiger partial charge in [0.2, 0.25) is 5.91 Å². The van der Waals surface area contributed by atoms with Crippen molar-refractivity contribution in [1.29, 1.82) is 0 Å². The fourth-order valence-corrected chi connectivity index (χ4v) is 3.38. The van der Waals surface area contributed by atoms with Crippen LogP contribution in [0.25, 0.3) is 0 Å². The third-order valence-electron chi connectivity index (χ3n) is 4.26. The summed E-state index contributed by atoms with van der Waals surface area (Å²) < 4.78 is 26.2. The number of fused-ring (bicyclic) bond motifs is 2. The number of nitrogens with one attached hydrogen (secondary N) is 1. The zero-order chi connectivity index (χ0) is 12.7. The highest BCUT2D eigenvalue weighted by Crippen LogP contribution is 2.48.